The summed E-state index contributed by atoms with van der Waals surface area (Å²) in [6.45, 7) is 6.99. The van der Waals surface area contributed by atoms with Crippen LogP contribution in [-0.2, 0) is 9.59 Å². The van der Waals surface area contributed by atoms with Gasteiger partial charge in [-0.3, -0.25) is 4.79 Å². The fourth-order valence-corrected chi connectivity index (χ4v) is 1.84. The zero-order valence-electron chi connectivity index (χ0n) is 12.7. The predicted octanol–water partition coefficient (Wildman–Crippen LogP) is 0.879. The number of primary amides is 1. The van der Waals surface area contributed by atoms with Crippen molar-refractivity contribution in [2.75, 3.05) is 19.6 Å². The summed E-state index contributed by atoms with van der Waals surface area (Å²) in [5, 5.41) is 9.23. The highest BCUT2D eigenvalue weighted by Gasteiger charge is 2.38. The molecule has 0 unspecified atom stereocenters. The van der Waals surface area contributed by atoms with Gasteiger partial charge in [0.15, 0.2) is 0 Å². The minimum absolute atomic E-state index is 0.203. The fraction of sp³-hybridized carbons (Fsp3) is 0.769. The maximum Gasteiger partial charge on any atom is 0.329 e. The van der Waals surface area contributed by atoms with Gasteiger partial charge in [-0.2, -0.15) is 0 Å². The van der Waals surface area contributed by atoms with Gasteiger partial charge in [0.2, 0.25) is 5.91 Å². The quantitative estimate of drug-likeness (QED) is 0.691. The summed E-state index contributed by atoms with van der Waals surface area (Å²) in [5.41, 5.74) is 3.81. The van der Waals surface area contributed by atoms with Crippen LogP contribution in [0.1, 0.15) is 40.5 Å². The van der Waals surface area contributed by atoms with Gasteiger partial charge in [-0.25, -0.2) is 9.59 Å². The third-order valence-electron chi connectivity index (χ3n) is 3.14. The molecule has 0 aliphatic rings. The van der Waals surface area contributed by atoms with Crippen molar-refractivity contribution in [2.45, 2.75) is 46.1 Å². The first-order chi connectivity index (χ1) is 9.18. The monoisotopic (exact) mass is 287 g/mol. The first kappa shape index (κ1) is 18.2. The number of nitrogens with two attached hydrogens (primary N) is 1. The summed E-state index contributed by atoms with van der Waals surface area (Å²) in [5.74, 6) is -1.71. The maximum atomic E-state index is 12.4. The number of urea groups is 1. The number of carbonyl (C=O) groups excluding carboxylic acids is 2. The highest BCUT2D eigenvalue weighted by atomic mass is 16.4. The summed E-state index contributed by atoms with van der Waals surface area (Å²) >= 11 is 0. The number of aliphatic carboxylic acids is 1. The Morgan fingerprint density at radius 1 is 1.20 bits per heavy atom. The standard InChI is InChI=1S/C13H25N3O4/c1-5-7-8-15(9-10(14)17)12(20)16(6-2)13(3,4)11(18)19/h5-9H2,1-4H3,(H2,14,17)(H,18,19). The summed E-state index contributed by atoms with van der Waals surface area (Å²) in [6.07, 6.45) is 1.58. The van der Waals surface area contributed by atoms with Gasteiger partial charge in [-0.05, 0) is 27.2 Å². The number of nitrogens with zero attached hydrogens (tertiary/aromatic N) is 2. The van der Waals surface area contributed by atoms with Crippen LogP contribution in [0.5, 0.6) is 0 Å². The van der Waals surface area contributed by atoms with Crippen molar-refractivity contribution >= 4 is 17.9 Å². The van der Waals surface area contributed by atoms with Gasteiger partial charge in [0.05, 0.1) is 0 Å². The van der Waals surface area contributed by atoms with E-state index in [0.29, 0.717) is 6.54 Å². The highest BCUT2D eigenvalue weighted by molar-refractivity contribution is 5.88. The summed E-state index contributed by atoms with van der Waals surface area (Å²) in [7, 11) is 0. The van der Waals surface area contributed by atoms with Gasteiger partial charge >= 0.3 is 12.0 Å². The Kier molecular flexibility index (Phi) is 7.02. The van der Waals surface area contributed by atoms with Crippen molar-refractivity contribution in [3.8, 4) is 0 Å². The Hall–Kier alpha value is -1.79. The molecular formula is C13H25N3O4. The second kappa shape index (κ2) is 7.72. The molecule has 0 aromatic carbocycles. The lowest BCUT2D eigenvalue weighted by molar-refractivity contribution is -0.147. The molecule has 0 radical (unpaired) electrons. The van der Waals surface area contributed by atoms with Crippen LogP contribution < -0.4 is 5.73 Å². The third-order valence-corrected chi connectivity index (χ3v) is 3.14. The molecule has 0 saturated heterocycles. The average molecular weight is 287 g/mol. The first-order valence-corrected chi connectivity index (χ1v) is 6.76. The summed E-state index contributed by atoms with van der Waals surface area (Å²) in [6, 6.07) is -0.479. The number of rotatable bonds is 8. The lowest BCUT2D eigenvalue weighted by Gasteiger charge is -2.37. The third kappa shape index (κ3) is 4.71. The van der Waals surface area contributed by atoms with Crippen molar-refractivity contribution in [3.63, 3.8) is 0 Å². The van der Waals surface area contributed by atoms with Crippen LogP contribution in [0.3, 0.4) is 0 Å². The Morgan fingerprint density at radius 3 is 2.10 bits per heavy atom. The van der Waals surface area contributed by atoms with Gasteiger partial charge in [0.25, 0.3) is 0 Å². The largest absolute Gasteiger partial charge is 0.480 e. The molecule has 0 aliphatic heterocycles. The van der Waals surface area contributed by atoms with E-state index in [-0.39, 0.29) is 13.1 Å². The SMILES string of the molecule is CCCCN(CC(N)=O)C(=O)N(CC)C(C)(C)C(=O)O. The highest BCUT2D eigenvalue weighted by Crippen LogP contribution is 2.17. The number of hydrogen-bond donors (Lipinski definition) is 2. The van der Waals surface area contributed by atoms with E-state index in [2.05, 4.69) is 0 Å². The molecule has 0 aromatic rings. The Balaban J connectivity index is 5.17. The van der Waals surface area contributed by atoms with E-state index in [1.54, 1.807) is 6.92 Å². The topological polar surface area (TPSA) is 104 Å². The Morgan fingerprint density at radius 2 is 1.75 bits per heavy atom. The van der Waals surface area contributed by atoms with Crippen LogP contribution in [0.2, 0.25) is 0 Å². The molecule has 116 valence electrons. The lowest BCUT2D eigenvalue weighted by atomic mass is 10.0. The number of amides is 3. The van der Waals surface area contributed by atoms with E-state index in [4.69, 9.17) is 5.73 Å². The number of unbranched alkanes of at least 4 members (excludes halogenated alkanes) is 1. The summed E-state index contributed by atoms with van der Waals surface area (Å²) in [4.78, 5) is 37.3. The van der Waals surface area contributed by atoms with E-state index >= 15 is 0 Å². The van der Waals surface area contributed by atoms with Crippen LogP contribution in [0.4, 0.5) is 4.79 Å². The second-order valence-corrected chi connectivity index (χ2v) is 5.13. The second-order valence-electron chi connectivity index (χ2n) is 5.13. The van der Waals surface area contributed by atoms with Gasteiger partial charge in [0.1, 0.15) is 12.1 Å². The minimum atomic E-state index is -1.34. The molecule has 0 atom stereocenters. The Bertz CT molecular complexity index is 369. The lowest BCUT2D eigenvalue weighted by Crippen LogP contribution is -2.58. The number of hydrogen-bond acceptors (Lipinski definition) is 3. The van der Waals surface area contributed by atoms with E-state index in [0.717, 1.165) is 12.8 Å². The molecule has 3 N–H and O–H groups in total. The number of carboxylic acid groups (broad SMARTS) is 1. The van der Waals surface area contributed by atoms with Crippen LogP contribution in [0.15, 0.2) is 0 Å². The predicted molar refractivity (Wildman–Crippen MR) is 75.2 cm³/mol. The van der Waals surface area contributed by atoms with Gasteiger partial charge in [-0.1, -0.05) is 13.3 Å². The van der Waals surface area contributed by atoms with E-state index < -0.39 is 23.4 Å². The van der Waals surface area contributed by atoms with Crippen LogP contribution in [-0.4, -0.2) is 58.0 Å². The fourth-order valence-electron chi connectivity index (χ4n) is 1.84. The molecular weight excluding hydrogens is 262 g/mol. The van der Waals surface area contributed by atoms with Gasteiger partial charge < -0.3 is 20.6 Å². The summed E-state index contributed by atoms with van der Waals surface area (Å²) < 4.78 is 0. The Labute approximate surface area is 119 Å². The van der Waals surface area contributed by atoms with Crippen molar-refractivity contribution < 1.29 is 19.5 Å². The van der Waals surface area contributed by atoms with Crippen molar-refractivity contribution in [2.24, 2.45) is 5.73 Å². The van der Waals surface area contributed by atoms with Crippen molar-refractivity contribution in [1.82, 2.24) is 9.80 Å². The number of likely N-dealkylation sites (N-methyl/N-ethyl adjacent to an activating group) is 1. The van der Waals surface area contributed by atoms with Crippen molar-refractivity contribution in [3.05, 3.63) is 0 Å². The van der Waals surface area contributed by atoms with E-state index in [9.17, 15) is 19.5 Å². The average Bonchev–Trinajstić information content (AvgIpc) is 2.34. The molecule has 0 fully saturated rings. The molecule has 0 heterocycles. The van der Waals surface area contributed by atoms with Gasteiger partial charge in [-0.15, -0.1) is 0 Å². The smallest absolute Gasteiger partial charge is 0.329 e. The molecule has 7 nitrogen and oxygen atoms in total. The first-order valence-electron chi connectivity index (χ1n) is 6.76. The molecule has 3 amide bonds. The molecule has 7 heteroatoms. The molecule has 0 spiro atoms. The maximum absolute atomic E-state index is 12.4. The number of carboxylic acids is 1. The van der Waals surface area contributed by atoms with Crippen LogP contribution in [0.25, 0.3) is 0 Å². The normalized spacial score (nSPS) is 11.0. The van der Waals surface area contributed by atoms with Gasteiger partial charge in [0, 0.05) is 13.1 Å². The zero-order chi connectivity index (χ0) is 15.9. The molecule has 0 rings (SSSR count). The van der Waals surface area contributed by atoms with Crippen LogP contribution in [0, 0.1) is 0 Å². The van der Waals surface area contributed by atoms with Crippen LogP contribution >= 0.6 is 0 Å². The number of carbonyl (C=O) groups is 3. The molecule has 0 aliphatic carbocycles. The van der Waals surface area contributed by atoms with Crippen molar-refractivity contribution in [1.29, 1.82) is 0 Å². The molecule has 0 aromatic heterocycles. The molecule has 0 saturated carbocycles. The zero-order valence-corrected chi connectivity index (χ0v) is 12.7. The minimum Gasteiger partial charge on any atom is -0.480 e. The molecule has 0 bridgehead atoms. The van der Waals surface area contributed by atoms with E-state index in [1.165, 1.54) is 23.6 Å². The molecule has 20 heavy (non-hydrogen) atoms. The van der Waals surface area contributed by atoms with E-state index in [1.807, 2.05) is 6.92 Å².